The summed E-state index contributed by atoms with van der Waals surface area (Å²) in [7, 11) is 1.37. The first kappa shape index (κ1) is 21.6. The number of esters is 1. The summed E-state index contributed by atoms with van der Waals surface area (Å²) in [5.74, 6) is -0.686. The molecule has 4 aromatic rings. The maximum absolute atomic E-state index is 13.7. The highest BCUT2D eigenvalue weighted by Crippen LogP contribution is 2.40. The predicted molar refractivity (Wildman–Crippen MR) is 133 cm³/mol. The molecule has 0 aliphatic heterocycles. The summed E-state index contributed by atoms with van der Waals surface area (Å²) >= 11 is 7.53. The molecule has 1 aliphatic rings. The van der Waals surface area contributed by atoms with Gasteiger partial charge in [-0.2, -0.15) is 0 Å². The van der Waals surface area contributed by atoms with E-state index in [2.05, 4.69) is 5.32 Å². The molecule has 0 saturated carbocycles. The lowest BCUT2D eigenvalue weighted by molar-refractivity contribution is 0.0601. The summed E-state index contributed by atoms with van der Waals surface area (Å²) in [5, 5.41) is 4.96. The summed E-state index contributed by atoms with van der Waals surface area (Å²) in [6.07, 6.45) is 2.75. The van der Waals surface area contributed by atoms with E-state index in [-0.39, 0.29) is 5.91 Å². The van der Waals surface area contributed by atoms with E-state index in [1.54, 1.807) is 0 Å². The van der Waals surface area contributed by atoms with Gasteiger partial charge in [-0.15, -0.1) is 11.3 Å². The van der Waals surface area contributed by atoms with Crippen molar-refractivity contribution in [1.82, 2.24) is 4.98 Å². The van der Waals surface area contributed by atoms with Crippen LogP contribution in [0.5, 0.6) is 0 Å². The molecule has 0 fully saturated rings. The maximum atomic E-state index is 13.7. The van der Waals surface area contributed by atoms with E-state index in [1.807, 2.05) is 55.5 Å². The van der Waals surface area contributed by atoms with E-state index in [0.717, 1.165) is 57.4 Å². The molecule has 0 radical (unpaired) electrons. The Morgan fingerprint density at radius 2 is 1.82 bits per heavy atom. The number of hydrogen-bond donors (Lipinski definition) is 1. The molecule has 166 valence electrons. The number of aromatic nitrogens is 1. The monoisotopic (exact) mass is 476 g/mol. The number of carbonyl (C=O) groups excluding carboxylic acids is 2. The zero-order chi connectivity index (χ0) is 23.1. The zero-order valence-electron chi connectivity index (χ0n) is 18.2. The van der Waals surface area contributed by atoms with Crippen molar-refractivity contribution in [1.29, 1.82) is 0 Å². The molecule has 33 heavy (non-hydrogen) atoms. The van der Waals surface area contributed by atoms with Crippen LogP contribution in [0.2, 0.25) is 5.02 Å². The molecule has 0 bridgehead atoms. The molecule has 1 aliphatic carbocycles. The van der Waals surface area contributed by atoms with Gasteiger partial charge in [-0.3, -0.25) is 4.79 Å². The fourth-order valence-electron chi connectivity index (χ4n) is 4.46. The van der Waals surface area contributed by atoms with E-state index >= 15 is 0 Å². The van der Waals surface area contributed by atoms with Crippen LogP contribution >= 0.6 is 22.9 Å². The third-order valence-electron chi connectivity index (χ3n) is 6.02. The van der Waals surface area contributed by atoms with E-state index in [9.17, 15) is 9.59 Å². The van der Waals surface area contributed by atoms with Gasteiger partial charge in [-0.05, 0) is 55.5 Å². The van der Waals surface area contributed by atoms with Crippen LogP contribution < -0.4 is 5.32 Å². The van der Waals surface area contributed by atoms with Crippen molar-refractivity contribution in [3.63, 3.8) is 0 Å². The van der Waals surface area contributed by atoms with Gasteiger partial charge in [0, 0.05) is 20.8 Å². The Bertz CT molecular complexity index is 1410. The van der Waals surface area contributed by atoms with E-state index in [0.29, 0.717) is 21.2 Å². The number of methoxy groups -OCH3 is 1. The minimum atomic E-state index is -0.414. The lowest BCUT2D eigenvalue weighted by Crippen LogP contribution is -2.17. The van der Waals surface area contributed by atoms with Gasteiger partial charge >= 0.3 is 5.97 Å². The number of anilines is 1. The molecule has 5 nitrogen and oxygen atoms in total. The Hall–Kier alpha value is -3.22. The van der Waals surface area contributed by atoms with E-state index in [4.69, 9.17) is 21.3 Å². The number of benzene rings is 2. The van der Waals surface area contributed by atoms with Crippen LogP contribution in [-0.2, 0) is 17.6 Å². The van der Waals surface area contributed by atoms with Gasteiger partial charge < -0.3 is 10.1 Å². The van der Waals surface area contributed by atoms with Crippen molar-refractivity contribution in [3.05, 3.63) is 80.7 Å². The van der Waals surface area contributed by atoms with Gasteiger partial charge in [-0.25, -0.2) is 9.78 Å². The molecule has 2 heterocycles. The van der Waals surface area contributed by atoms with Crippen LogP contribution in [0.1, 0.15) is 43.1 Å². The van der Waals surface area contributed by atoms with Crippen LogP contribution in [0.25, 0.3) is 22.2 Å². The fourth-order valence-corrected chi connectivity index (χ4v) is 5.86. The molecular weight excluding hydrogens is 456 g/mol. The summed E-state index contributed by atoms with van der Waals surface area (Å²) in [4.78, 5) is 32.2. The second kappa shape index (κ2) is 8.61. The van der Waals surface area contributed by atoms with Crippen molar-refractivity contribution in [2.24, 2.45) is 0 Å². The Balaban J connectivity index is 1.63. The quantitative estimate of drug-likeness (QED) is 0.343. The first-order valence-corrected chi connectivity index (χ1v) is 11.9. The molecule has 5 rings (SSSR count). The minimum absolute atomic E-state index is 0.272. The van der Waals surface area contributed by atoms with Gasteiger partial charge in [0.05, 0.1) is 29.4 Å². The highest BCUT2D eigenvalue weighted by molar-refractivity contribution is 7.17. The number of hydrogen-bond acceptors (Lipinski definition) is 5. The molecule has 0 unspecified atom stereocenters. The Labute approximate surface area is 200 Å². The van der Waals surface area contributed by atoms with Crippen LogP contribution in [0.3, 0.4) is 0 Å². The average Bonchev–Trinajstić information content (AvgIpc) is 3.39. The molecule has 0 atom stereocenters. The normalized spacial score (nSPS) is 12.6. The van der Waals surface area contributed by atoms with Crippen molar-refractivity contribution in [2.45, 2.75) is 26.2 Å². The molecule has 0 saturated heterocycles. The lowest BCUT2D eigenvalue weighted by Gasteiger charge is -2.15. The number of para-hydroxylation sites is 1. The zero-order valence-corrected chi connectivity index (χ0v) is 19.8. The lowest BCUT2D eigenvalue weighted by atomic mass is 9.97. The summed E-state index contributed by atoms with van der Waals surface area (Å²) < 4.78 is 5.02. The molecule has 7 heteroatoms. The smallest absolute Gasteiger partial charge is 0.341 e. The van der Waals surface area contributed by atoms with Gasteiger partial charge in [0.15, 0.2) is 0 Å². The van der Waals surface area contributed by atoms with Gasteiger partial charge in [-0.1, -0.05) is 41.9 Å². The fraction of sp³-hybridized carbons (Fsp3) is 0.192. The number of nitrogens with one attached hydrogen (secondary N) is 1. The highest BCUT2D eigenvalue weighted by atomic mass is 35.5. The first-order chi connectivity index (χ1) is 16.0. The van der Waals surface area contributed by atoms with Crippen LogP contribution in [0, 0.1) is 6.92 Å². The largest absolute Gasteiger partial charge is 0.465 e. The predicted octanol–water partition coefficient (Wildman–Crippen LogP) is 6.45. The van der Waals surface area contributed by atoms with Crippen molar-refractivity contribution in [3.8, 4) is 11.3 Å². The second-order valence-electron chi connectivity index (χ2n) is 7.99. The van der Waals surface area contributed by atoms with Gasteiger partial charge in [0.2, 0.25) is 0 Å². The molecular formula is C26H21ClN2O3S. The van der Waals surface area contributed by atoms with Gasteiger partial charge in [0.1, 0.15) is 5.00 Å². The number of thiophene rings is 1. The summed E-state index contributed by atoms with van der Waals surface area (Å²) in [6.45, 7) is 1.90. The van der Waals surface area contributed by atoms with E-state index < -0.39 is 5.97 Å². The van der Waals surface area contributed by atoms with Crippen molar-refractivity contribution < 1.29 is 14.3 Å². The van der Waals surface area contributed by atoms with Crippen molar-refractivity contribution in [2.75, 3.05) is 12.4 Å². The number of pyridine rings is 1. The van der Waals surface area contributed by atoms with Crippen LogP contribution in [0.15, 0.2) is 48.5 Å². The Kier molecular flexibility index (Phi) is 5.64. The first-order valence-electron chi connectivity index (χ1n) is 10.7. The number of nitrogens with zero attached hydrogens (tertiary/aromatic N) is 1. The standard InChI is InChI=1S/C26H21ClN2O3S/c1-14-21(24(30)29-25-22(26(31)32-2)18-7-5-9-20(18)33-25)17-6-3-4-8-19(17)28-23(14)15-10-12-16(27)13-11-15/h3-4,6,8,10-13H,5,7,9H2,1-2H3,(H,29,30). The summed E-state index contributed by atoms with van der Waals surface area (Å²) in [6, 6.07) is 15.0. The Morgan fingerprint density at radius 1 is 1.06 bits per heavy atom. The third-order valence-corrected chi connectivity index (χ3v) is 7.48. The average molecular weight is 477 g/mol. The highest BCUT2D eigenvalue weighted by Gasteiger charge is 2.29. The molecule has 0 spiro atoms. The summed E-state index contributed by atoms with van der Waals surface area (Å²) in [5.41, 5.74) is 5.10. The molecule has 2 aromatic carbocycles. The van der Waals surface area contributed by atoms with Gasteiger partial charge in [0.25, 0.3) is 5.91 Å². The molecule has 1 N–H and O–H groups in total. The topological polar surface area (TPSA) is 68.3 Å². The maximum Gasteiger partial charge on any atom is 0.341 e. The van der Waals surface area contributed by atoms with Crippen LogP contribution in [-0.4, -0.2) is 24.0 Å². The van der Waals surface area contributed by atoms with E-state index in [1.165, 1.54) is 18.4 Å². The SMILES string of the molecule is COC(=O)c1c(NC(=O)c2c(C)c(-c3ccc(Cl)cc3)nc3ccccc23)sc2c1CCC2. The molecule has 1 amide bonds. The minimum Gasteiger partial charge on any atom is -0.465 e. The molecule has 2 aromatic heterocycles. The number of amides is 1. The number of halogens is 1. The number of ether oxygens (including phenoxy) is 1. The third kappa shape index (κ3) is 3.79. The number of aryl methyl sites for hydroxylation is 1. The second-order valence-corrected chi connectivity index (χ2v) is 9.53. The number of carbonyl (C=O) groups is 2. The Morgan fingerprint density at radius 3 is 2.58 bits per heavy atom. The van der Waals surface area contributed by atoms with Crippen molar-refractivity contribution >= 4 is 50.7 Å². The number of rotatable bonds is 4. The number of fused-ring (bicyclic) bond motifs is 2. The van der Waals surface area contributed by atoms with Crippen LogP contribution in [0.4, 0.5) is 5.00 Å².